The lowest BCUT2D eigenvalue weighted by Crippen LogP contribution is -2.23. The molecule has 4 aromatic rings. The Morgan fingerprint density at radius 2 is 1.97 bits per heavy atom. The minimum atomic E-state index is -0.186. The summed E-state index contributed by atoms with van der Waals surface area (Å²) in [5.74, 6) is 1.57. The summed E-state index contributed by atoms with van der Waals surface area (Å²) < 4.78 is 12.9. The first-order chi connectivity index (χ1) is 15.5. The lowest BCUT2D eigenvalue weighted by molar-refractivity contribution is 0.0950. The monoisotopic (exact) mass is 429 g/mol. The van der Waals surface area contributed by atoms with Crippen LogP contribution in [0.25, 0.3) is 11.4 Å². The van der Waals surface area contributed by atoms with Crippen LogP contribution in [0.1, 0.15) is 21.5 Å². The molecular formula is C24H23N5O3. The molecule has 1 amide bonds. The zero-order valence-corrected chi connectivity index (χ0v) is 18.1. The van der Waals surface area contributed by atoms with Crippen LogP contribution in [0, 0.1) is 6.92 Å². The lowest BCUT2D eigenvalue weighted by atomic mass is 10.1. The molecule has 32 heavy (non-hydrogen) atoms. The number of amides is 1. The third-order valence-electron chi connectivity index (χ3n) is 5.03. The highest BCUT2D eigenvalue weighted by Crippen LogP contribution is 2.29. The molecule has 0 saturated heterocycles. The summed E-state index contributed by atoms with van der Waals surface area (Å²) in [5, 5.41) is 7.10. The van der Waals surface area contributed by atoms with E-state index in [1.54, 1.807) is 54.6 Å². The zero-order valence-electron chi connectivity index (χ0n) is 18.1. The van der Waals surface area contributed by atoms with E-state index < -0.39 is 0 Å². The number of benzene rings is 1. The summed E-state index contributed by atoms with van der Waals surface area (Å²) in [5.41, 5.74) is 3.81. The Hall–Kier alpha value is -4.20. The minimum Gasteiger partial charge on any atom is -0.481 e. The molecule has 8 nitrogen and oxygen atoms in total. The topological polar surface area (TPSA) is 91.2 Å². The van der Waals surface area contributed by atoms with E-state index in [0.29, 0.717) is 29.5 Å². The van der Waals surface area contributed by atoms with Crippen molar-refractivity contribution in [3.8, 4) is 28.8 Å². The molecule has 0 radical (unpaired) electrons. The van der Waals surface area contributed by atoms with Crippen molar-refractivity contribution in [2.75, 3.05) is 7.11 Å². The number of hydrogen-bond donors (Lipinski definition) is 1. The molecule has 0 aliphatic heterocycles. The SMILES string of the molecule is COc1ccc(CNC(=O)c2cccc(Oc3ccnc(-c4ccnn4C)c3)c2C)cn1. The fourth-order valence-corrected chi connectivity index (χ4v) is 3.25. The second-order valence-electron chi connectivity index (χ2n) is 7.14. The third kappa shape index (κ3) is 4.59. The van der Waals surface area contributed by atoms with Gasteiger partial charge in [-0.3, -0.25) is 14.5 Å². The van der Waals surface area contributed by atoms with Gasteiger partial charge in [-0.05, 0) is 36.8 Å². The van der Waals surface area contributed by atoms with Gasteiger partial charge >= 0.3 is 0 Å². The smallest absolute Gasteiger partial charge is 0.251 e. The molecule has 8 heteroatoms. The molecule has 1 N–H and O–H groups in total. The van der Waals surface area contributed by atoms with Crippen molar-refractivity contribution in [2.45, 2.75) is 13.5 Å². The summed E-state index contributed by atoms with van der Waals surface area (Å²) >= 11 is 0. The number of pyridine rings is 2. The minimum absolute atomic E-state index is 0.186. The molecule has 0 spiro atoms. The van der Waals surface area contributed by atoms with E-state index in [9.17, 15) is 4.79 Å². The number of carbonyl (C=O) groups excluding carboxylic acids is 1. The van der Waals surface area contributed by atoms with E-state index in [0.717, 1.165) is 22.5 Å². The van der Waals surface area contributed by atoms with Crippen LogP contribution in [-0.2, 0) is 13.6 Å². The van der Waals surface area contributed by atoms with Crippen LogP contribution in [0.5, 0.6) is 17.4 Å². The summed E-state index contributed by atoms with van der Waals surface area (Å²) in [6, 6.07) is 14.6. The normalized spacial score (nSPS) is 10.6. The molecule has 3 aromatic heterocycles. The second kappa shape index (κ2) is 9.30. The number of aryl methyl sites for hydroxylation is 1. The van der Waals surface area contributed by atoms with Crippen LogP contribution in [-0.4, -0.2) is 32.8 Å². The second-order valence-corrected chi connectivity index (χ2v) is 7.14. The third-order valence-corrected chi connectivity index (χ3v) is 5.03. The number of ether oxygens (including phenoxy) is 2. The maximum atomic E-state index is 12.8. The van der Waals surface area contributed by atoms with Crippen molar-refractivity contribution >= 4 is 5.91 Å². The molecule has 3 heterocycles. The fourth-order valence-electron chi connectivity index (χ4n) is 3.25. The quantitative estimate of drug-likeness (QED) is 0.479. The largest absolute Gasteiger partial charge is 0.481 e. The van der Waals surface area contributed by atoms with Crippen LogP contribution in [0.3, 0.4) is 0 Å². The van der Waals surface area contributed by atoms with E-state index in [1.165, 1.54) is 0 Å². The Labute approximate surface area is 185 Å². The molecule has 0 aliphatic carbocycles. The Morgan fingerprint density at radius 3 is 2.69 bits per heavy atom. The molecule has 0 atom stereocenters. The first-order valence-corrected chi connectivity index (χ1v) is 10.0. The number of hydrogen-bond acceptors (Lipinski definition) is 6. The summed E-state index contributed by atoms with van der Waals surface area (Å²) in [7, 11) is 3.42. The van der Waals surface area contributed by atoms with Crippen LogP contribution in [0.15, 0.2) is 67.1 Å². The van der Waals surface area contributed by atoms with E-state index in [4.69, 9.17) is 9.47 Å². The van der Waals surface area contributed by atoms with E-state index >= 15 is 0 Å². The maximum Gasteiger partial charge on any atom is 0.251 e. The predicted octanol–water partition coefficient (Wildman–Crippen LogP) is 3.92. The Bertz CT molecular complexity index is 1230. The zero-order chi connectivity index (χ0) is 22.5. The highest BCUT2D eigenvalue weighted by atomic mass is 16.5. The standard InChI is InChI=1S/C24H23N5O3/c1-16-19(24(30)27-15-17-7-8-23(31-3)26-14-17)5-4-6-22(16)32-18-9-11-25-20(13-18)21-10-12-28-29(21)2/h4-14H,15H2,1-3H3,(H,27,30). The molecule has 0 bridgehead atoms. The van der Waals surface area contributed by atoms with Gasteiger partial charge in [-0.1, -0.05) is 12.1 Å². The Balaban J connectivity index is 1.48. The van der Waals surface area contributed by atoms with Gasteiger partial charge in [-0.15, -0.1) is 0 Å². The average molecular weight is 429 g/mol. The molecule has 0 saturated carbocycles. The van der Waals surface area contributed by atoms with E-state index in [2.05, 4.69) is 20.4 Å². The summed E-state index contributed by atoms with van der Waals surface area (Å²) in [6.07, 6.45) is 5.08. The highest BCUT2D eigenvalue weighted by molar-refractivity contribution is 5.96. The fraction of sp³-hybridized carbons (Fsp3) is 0.167. The van der Waals surface area contributed by atoms with Gasteiger partial charge in [0.05, 0.1) is 18.5 Å². The molecule has 1 aromatic carbocycles. The van der Waals surface area contributed by atoms with Crippen LogP contribution >= 0.6 is 0 Å². The van der Waals surface area contributed by atoms with Crippen LogP contribution in [0.2, 0.25) is 0 Å². The van der Waals surface area contributed by atoms with Crippen molar-refractivity contribution < 1.29 is 14.3 Å². The van der Waals surface area contributed by atoms with Gasteiger partial charge in [-0.25, -0.2) is 4.98 Å². The molecule has 0 aliphatic rings. The van der Waals surface area contributed by atoms with Crippen molar-refractivity contribution in [3.05, 3.63) is 83.8 Å². The van der Waals surface area contributed by atoms with Gasteiger partial charge in [0.25, 0.3) is 5.91 Å². The first-order valence-electron chi connectivity index (χ1n) is 10.0. The average Bonchev–Trinajstić information content (AvgIpc) is 3.25. The van der Waals surface area contributed by atoms with Gasteiger partial charge in [0.2, 0.25) is 5.88 Å². The van der Waals surface area contributed by atoms with Gasteiger partial charge in [0.1, 0.15) is 11.5 Å². The van der Waals surface area contributed by atoms with Crippen molar-refractivity contribution in [1.82, 2.24) is 25.1 Å². The van der Waals surface area contributed by atoms with E-state index in [-0.39, 0.29) is 5.91 Å². The van der Waals surface area contributed by atoms with Crippen LogP contribution in [0.4, 0.5) is 0 Å². The number of aromatic nitrogens is 4. The Morgan fingerprint density at radius 1 is 1.09 bits per heavy atom. The van der Waals surface area contributed by atoms with Gasteiger partial charge in [0.15, 0.2) is 0 Å². The Kier molecular flexibility index (Phi) is 6.12. The summed E-state index contributed by atoms with van der Waals surface area (Å²) in [6.45, 7) is 2.22. The molecule has 162 valence electrons. The summed E-state index contributed by atoms with van der Waals surface area (Å²) in [4.78, 5) is 21.3. The number of rotatable bonds is 7. The lowest BCUT2D eigenvalue weighted by Gasteiger charge is -2.13. The highest BCUT2D eigenvalue weighted by Gasteiger charge is 2.14. The molecule has 0 unspecified atom stereocenters. The van der Waals surface area contributed by atoms with Gasteiger partial charge in [0, 0.05) is 55.4 Å². The van der Waals surface area contributed by atoms with Crippen LogP contribution < -0.4 is 14.8 Å². The number of nitrogens with one attached hydrogen (secondary N) is 1. The predicted molar refractivity (Wildman–Crippen MR) is 120 cm³/mol. The van der Waals surface area contributed by atoms with Gasteiger partial charge < -0.3 is 14.8 Å². The number of carbonyl (C=O) groups is 1. The number of nitrogens with zero attached hydrogens (tertiary/aromatic N) is 4. The van der Waals surface area contributed by atoms with Crippen molar-refractivity contribution in [2.24, 2.45) is 7.05 Å². The van der Waals surface area contributed by atoms with Crippen molar-refractivity contribution in [1.29, 1.82) is 0 Å². The number of methoxy groups -OCH3 is 1. The molecular weight excluding hydrogens is 406 g/mol. The maximum absolute atomic E-state index is 12.8. The van der Waals surface area contributed by atoms with Crippen molar-refractivity contribution in [3.63, 3.8) is 0 Å². The van der Waals surface area contributed by atoms with Gasteiger partial charge in [-0.2, -0.15) is 5.10 Å². The van der Waals surface area contributed by atoms with E-state index in [1.807, 2.05) is 38.2 Å². The molecule has 0 fully saturated rings. The molecule has 4 rings (SSSR count). The first kappa shape index (κ1) is 21.0.